The van der Waals surface area contributed by atoms with E-state index in [2.05, 4.69) is 15.5 Å². The van der Waals surface area contributed by atoms with Gasteiger partial charge in [-0.15, -0.1) is 0 Å². The van der Waals surface area contributed by atoms with E-state index in [1.807, 2.05) is 36.5 Å². The predicted octanol–water partition coefficient (Wildman–Crippen LogP) is 4.96. The molecule has 1 N–H and O–H groups in total. The summed E-state index contributed by atoms with van der Waals surface area (Å²) in [5.41, 5.74) is 1.82. The van der Waals surface area contributed by atoms with Crippen LogP contribution in [0.3, 0.4) is 0 Å². The van der Waals surface area contributed by atoms with E-state index in [9.17, 15) is 18.0 Å². The molecular weight excluding hydrogens is 419 g/mol. The van der Waals surface area contributed by atoms with Crippen molar-refractivity contribution in [2.24, 2.45) is 0 Å². The van der Waals surface area contributed by atoms with Crippen LogP contribution in [0.2, 0.25) is 0 Å². The molecule has 0 unspecified atom stereocenters. The predicted molar refractivity (Wildman–Crippen MR) is 114 cm³/mol. The van der Waals surface area contributed by atoms with Crippen molar-refractivity contribution in [1.29, 1.82) is 0 Å². The van der Waals surface area contributed by atoms with E-state index in [4.69, 9.17) is 0 Å². The summed E-state index contributed by atoms with van der Waals surface area (Å²) in [6.07, 6.45) is -0.245. The van der Waals surface area contributed by atoms with Gasteiger partial charge >= 0.3 is 6.18 Å². The van der Waals surface area contributed by atoms with Crippen molar-refractivity contribution in [1.82, 2.24) is 19.6 Å². The van der Waals surface area contributed by atoms with E-state index in [0.29, 0.717) is 17.9 Å². The van der Waals surface area contributed by atoms with Crippen LogP contribution in [0.1, 0.15) is 23.2 Å². The first-order chi connectivity index (χ1) is 15.3. The third-order valence-corrected chi connectivity index (χ3v) is 4.81. The molecule has 1 amide bonds. The van der Waals surface area contributed by atoms with Crippen LogP contribution < -0.4 is 5.32 Å². The minimum absolute atomic E-state index is 0.188. The molecule has 2 heterocycles. The molecule has 0 atom stereocenters. The quantitative estimate of drug-likeness (QED) is 0.462. The zero-order valence-electron chi connectivity index (χ0n) is 17.2. The fraction of sp³-hybridized carbons (Fsp3) is 0.174. The van der Waals surface area contributed by atoms with Gasteiger partial charge in [0.15, 0.2) is 0 Å². The van der Waals surface area contributed by atoms with Gasteiger partial charge in [-0.05, 0) is 49.2 Å². The van der Waals surface area contributed by atoms with Crippen LogP contribution >= 0.6 is 0 Å². The lowest BCUT2D eigenvalue weighted by atomic mass is 10.2. The van der Waals surface area contributed by atoms with Gasteiger partial charge in [0.25, 0.3) is 0 Å². The highest BCUT2D eigenvalue weighted by molar-refractivity contribution is 5.90. The number of alkyl halides is 3. The molecule has 0 aliphatic carbocycles. The topological polar surface area (TPSA) is 64.7 Å². The van der Waals surface area contributed by atoms with E-state index in [0.717, 1.165) is 23.4 Å². The first kappa shape index (κ1) is 21.4. The number of nitrogens with zero attached hydrogens (tertiary/aromatic N) is 4. The lowest BCUT2D eigenvalue weighted by Crippen LogP contribution is -2.15. The Hall–Kier alpha value is -3.88. The van der Waals surface area contributed by atoms with Gasteiger partial charge in [0.1, 0.15) is 5.82 Å². The second kappa shape index (κ2) is 8.70. The normalized spacial score (nSPS) is 11.5. The molecule has 0 saturated carbocycles. The summed E-state index contributed by atoms with van der Waals surface area (Å²) in [6, 6.07) is 16.0. The van der Waals surface area contributed by atoms with Gasteiger partial charge in [0.05, 0.1) is 28.8 Å². The second-order valence-electron chi connectivity index (χ2n) is 7.31. The number of carbonyl (C=O) groups excluding carboxylic acids is 1. The number of anilines is 1. The van der Waals surface area contributed by atoms with Crippen LogP contribution in [-0.2, 0) is 17.4 Å². The zero-order chi connectivity index (χ0) is 22.7. The number of hydrogen-bond donors (Lipinski definition) is 1. The van der Waals surface area contributed by atoms with Crippen LogP contribution in [0.4, 0.5) is 19.0 Å². The maximum atomic E-state index is 13.1. The first-order valence-corrected chi connectivity index (χ1v) is 9.93. The molecule has 2 aromatic carbocycles. The number of rotatable bonds is 6. The smallest absolute Gasteiger partial charge is 0.311 e. The van der Waals surface area contributed by atoms with Crippen molar-refractivity contribution in [2.45, 2.75) is 25.9 Å². The number of hydrogen-bond acceptors (Lipinski definition) is 3. The van der Waals surface area contributed by atoms with Crippen LogP contribution in [-0.4, -0.2) is 25.5 Å². The van der Waals surface area contributed by atoms with Crippen molar-refractivity contribution in [3.63, 3.8) is 0 Å². The molecule has 2 aromatic heterocycles. The van der Waals surface area contributed by atoms with E-state index < -0.39 is 11.7 Å². The highest BCUT2D eigenvalue weighted by Crippen LogP contribution is 2.31. The summed E-state index contributed by atoms with van der Waals surface area (Å²) >= 11 is 0. The summed E-state index contributed by atoms with van der Waals surface area (Å²) in [6.45, 7) is 1.71. The standard InChI is InChI=1S/C23H20F3N5O/c1-16-12-21(31(29-16)20-9-5-6-18(13-20)23(24,25)26)28-22(32)11-10-17-14-27-30(15-17)19-7-3-2-4-8-19/h2-9,12-15H,10-11H2,1H3,(H,28,32). The van der Waals surface area contributed by atoms with Crippen LogP contribution in [0.5, 0.6) is 0 Å². The molecule has 0 fully saturated rings. The fourth-order valence-corrected chi connectivity index (χ4v) is 3.27. The Labute approximate surface area is 182 Å². The minimum atomic E-state index is -4.47. The number of halogens is 3. The molecule has 0 radical (unpaired) electrons. The summed E-state index contributed by atoms with van der Waals surface area (Å²) in [5, 5.41) is 11.3. The summed E-state index contributed by atoms with van der Waals surface area (Å²) in [4.78, 5) is 12.5. The Morgan fingerprint density at radius 1 is 1.03 bits per heavy atom. The maximum absolute atomic E-state index is 13.1. The van der Waals surface area contributed by atoms with Gasteiger partial charge < -0.3 is 5.32 Å². The van der Waals surface area contributed by atoms with E-state index in [1.54, 1.807) is 23.9 Å². The Balaban J connectivity index is 1.44. The van der Waals surface area contributed by atoms with Crippen LogP contribution in [0.15, 0.2) is 73.1 Å². The highest BCUT2D eigenvalue weighted by Gasteiger charge is 2.30. The second-order valence-corrected chi connectivity index (χ2v) is 7.31. The Morgan fingerprint density at radius 2 is 1.78 bits per heavy atom. The van der Waals surface area contributed by atoms with Gasteiger partial charge in [-0.3, -0.25) is 4.79 Å². The van der Waals surface area contributed by atoms with Gasteiger partial charge in [0, 0.05) is 18.7 Å². The summed E-state index contributed by atoms with van der Waals surface area (Å²) in [7, 11) is 0. The number of nitrogens with one attached hydrogen (secondary N) is 1. The summed E-state index contributed by atoms with van der Waals surface area (Å²) < 4.78 is 42.2. The number of benzene rings is 2. The van der Waals surface area contributed by atoms with Gasteiger partial charge in [-0.25, -0.2) is 9.36 Å². The van der Waals surface area contributed by atoms with Crippen molar-refractivity contribution in [3.05, 3.63) is 89.9 Å². The number of para-hydroxylation sites is 1. The number of aromatic nitrogens is 4. The Bertz CT molecular complexity index is 1230. The Kier molecular flexibility index (Phi) is 5.81. The molecule has 0 spiro atoms. The van der Waals surface area contributed by atoms with E-state index in [1.165, 1.54) is 16.8 Å². The highest BCUT2D eigenvalue weighted by atomic mass is 19.4. The lowest BCUT2D eigenvalue weighted by Gasteiger charge is -2.11. The number of amides is 1. The fourth-order valence-electron chi connectivity index (χ4n) is 3.27. The lowest BCUT2D eigenvalue weighted by molar-refractivity contribution is -0.137. The van der Waals surface area contributed by atoms with Crippen molar-refractivity contribution < 1.29 is 18.0 Å². The zero-order valence-corrected chi connectivity index (χ0v) is 17.2. The number of carbonyl (C=O) groups is 1. The molecule has 9 heteroatoms. The van der Waals surface area contributed by atoms with Crippen molar-refractivity contribution in [3.8, 4) is 11.4 Å². The molecule has 0 bridgehead atoms. The molecule has 32 heavy (non-hydrogen) atoms. The number of aryl methyl sites for hydroxylation is 2. The molecule has 0 saturated heterocycles. The molecule has 6 nitrogen and oxygen atoms in total. The average Bonchev–Trinajstić information content (AvgIpc) is 3.39. The van der Waals surface area contributed by atoms with Gasteiger partial charge in [0.2, 0.25) is 5.91 Å². The minimum Gasteiger partial charge on any atom is -0.311 e. The van der Waals surface area contributed by atoms with Crippen molar-refractivity contribution in [2.75, 3.05) is 5.32 Å². The molecular formula is C23H20F3N5O. The summed E-state index contributed by atoms with van der Waals surface area (Å²) in [5.74, 6) is 0.0393. The SMILES string of the molecule is Cc1cc(NC(=O)CCc2cnn(-c3ccccc3)c2)n(-c2cccc(C(F)(F)F)c2)n1. The molecule has 4 aromatic rings. The van der Waals surface area contributed by atoms with Gasteiger partial charge in [-0.1, -0.05) is 24.3 Å². The first-order valence-electron chi connectivity index (χ1n) is 9.93. The average molecular weight is 439 g/mol. The van der Waals surface area contributed by atoms with E-state index in [-0.39, 0.29) is 18.0 Å². The van der Waals surface area contributed by atoms with E-state index >= 15 is 0 Å². The molecule has 4 rings (SSSR count). The third-order valence-electron chi connectivity index (χ3n) is 4.81. The van der Waals surface area contributed by atoms with Crippen molar-refractivity contribution >= 4 is 11.7 Å². The Morgan fingerprint density at radius 3 is 2.53 bits per heavy atom. The maximum Gasteiger partial charge on any atom is 0.416 e. The monoisotopic (exact) mass is 439 g/mol. The van der Waals surface area contributed by atoms with Crippen LogP contribution in [0, 0.1) is 6.92 Å². The molecule has 0 aliphatic rings. The molecule has 164 valence electrons. The van der Waals surface area contributed by atoms with Gasteiger partial charge in [-0.2, -0.15) is 23.4 Å². The van der Waals surface area contributed by atoms with Crippen LogP contribution in [0.25, 0.3) is 11.4 Å². The molecule has 0 aliphatic heterocycles. The largest absolute Gasteiger partial charge is 0.416 e. The third kappa shape index (κ3) is 4.88.